The van der Waals surface area contributed by atoms with Crippen LogP contribution in [0.1, 0.15) is 10.4 Å². The maximum atomic E-state index is 11.8. The lowest BCUT2D eigenvalue weighted by atomic mass is 10.3. The quantitative estimate of drug-likeness (QED) is 0.634. The molecule has 0 amide bonds. The molecule has 2 aromatic heterocycles. The van der Waals surface area contributed by atoms with Crippen molar-refractivity contribution in [1.82, 2.24) is 9.38 Å². The van der Waals surface area contributed by atoms with E-state index in [0.717, 1.165) is 0 Å². The number of nitrogens with zero attached hydrogens (tertiary/aromatic N) is 2. The molecule has 0 aliphatic heterocycles. The first-order valence-corrected chi connectivity index (χ1v) is 4.29. The molecule has 0 unspecified atom stereocenters. The Hall–Kier alpha value is -2.17. The molecule has 76 valence electrons. The third-order valence-electron chi connectivity index (χ3n) is 2.02. The van der Waals surface area contributed by atoms with Gasteiger partial charge in [-0.3, -0.25) is 9.20 Å². The predicted octanol–water partition coefficient (Wildman–Crippen LogP) is 0.481. The highest BCUT2D eigenvalue weighted by Crippen LogP contribution is 1.98. The molecule has 0 radical (unpaired) electrons. The molecule has 0 saturated heterocycles. The Bertz CT molecular complexity index is 574. The zero-order chi connectivity index (χ0) is 10.8. The van der Waals surface area contributed by atoms with E-state index in [1.165, 1.54) is 17.7 Å². The van der Waals surface area contributed by atoms with Gasteiger partial charge in [-0.15, -0.1) is 0 Å². The number of aromatic nitrogens is 2. The normalized spacial score (nSPS) is 10.2. The topological polar surface area (TPSA) is 60.7 Å². The number of rotatable bonds is 1. The summed E-state index contributed by atoms with van der Waals surface area (Å²) in [5, 5.41) is 0. The molecule has 0 aliphatic rings. The van der Waals surface area contributed by atoms with Crippen LogP contribution >= 0.6 is 0 Å². The van der Waals surface area contributed by atoms with Crippen molar-refractivity contribution >= 4 is 11.6 Å². The zero-order valence-electron chi connectivity index (χ0n) is 8.01. The summed E-state index contributed by atoms with van der Waals surface area (Å²) in [6, 6.07) is 5.14. The number of carbonyl (C=O) groups is 1. The molecular weight excluding hydrogens is 196 g/mol. The van der Waals surface area contributed by atoms with Crippen molar-refractivity contribution in [2.45, 2.75) is 0 Å². The Labute approximate surface area is 84.9 Å². The van der Waals surface area contributed by atoms with Gasteiger partial charge in [-0.1, -0.05) is 6.07 Å². The summed E-state index contributed by atoms with van der Waals surface area (Å²) >= 11 is 0. The molecule has 5 nitrogen and oxygen atoms in total. The van der Waals surface area contributed by atoms with Gasteiger partial charge in [0, 0.05) is 12.4 Å². The molecule has 0 saturated carbocycles. The van der Waals surface area contributed by atoms with Crippen LogP contribution in [0.5, 0.6) is 0 Å². The maximum absolute atomic E-state index is 11.8. The largest absolute Gasteiger partial charge is 0.465 e. The van der Waals surface area contributed by atoms with Crippen molar-refractivity contribution in [3.8, 4) is 0 Å². The van der Waals surface area contributed by atoms with E-state index >= 15 is 0 Å². The van der Waals surface area contributed by atoms with E-state index in [0.29, 0.717) is 5.65 Å². The molecular formula is C10H8N2O3. The highest BCUT2D eigenvalue weighted by atomic mass is 16.5. The molecule has 2 aromatic rings. The van der Waals surface area contributed by atoms with Crippen LogP contribution in [0, 0.1) is 0 Å². The lowest BCUT2D eigenvalue weighted by Gasteiger charge is -2.01. The van der Waals surface area contributed by atoms with E-state index < -0.39 is 11.5 Å². The SMILES string of the molecule is COC(=O)c1cnc2ccccn2c1=O. The Morgan fingerprint density at radius 1 is 1.47 bits per heavy atom. The highest BCUT2D eigenvalue weighted by Gasteiger charge is 2.12. The van der Waals surface area contributed by atoms with E-state index in [9.17, 15) is 9.59 Å². The monoisotopic (exact) mass is 204 g/mol. The first-order valence-electron chi connectivity index (χ1n) is 4.29. The Morgan fingerprint density at radius 3 is 3.00 bits per heavy atom. The number of hydrogen-bond acceptors (Lipinski definition) is 4. The van der Waals surface area contributed by atoms with Gasteiger partial charge in [-0.05, 0) is 12.1 Å². The summed E-state index contributed by atoms with van der Waals surface area (Å²) in [5.41, 5.74) is 0.00352. The number of carbonyl (C=O) groups excluding carboxylic acids is 1. The van der Waals surface area contributed by atoms with Crippen LogP contribution in [-0.4, -0.2) is 22.5 Å². The standard InChI is InChI=1S/C10H8N2O3/c1-15-10(14)7-6-11-8-4-2-3-5-12(8)9(7)13/h2-6H,1H3. The Balaban J connectivity index is 2.76. The summed E-state index contributed by atoms with van der Waals surface area (Å²) in [6.45, 7) is 0. The third kappa shape index (κ3) is 1.48. The lowest BCUT2D eigenvalue weighted by molar-refractivity contribution is 0.0598. The van der Waals surface area contributed by atoms with Crippen LogP contribution in [-0.2, 0) is 4.74 Å². The molecule has 0 N–H and O–H groups in total. The van der Waals surface area contributed by atoms with Crippen molar-refractivity contribution in [3.05, 3.63) is 46.5 Å². The van der Waals surface area contributed by atoms with Crippen LogP contribution in [0.2, 0.25) is 0 Å². The first kappa shape index (κ1) is 9.39. The second-order valence-electron chi connectivity index (χ2n) is 2.90. The molecule has 0 spiro atoms. The third-order valence-corrected chi connectivity index (χ3v) is 2.02. The van der Waals surface area contributed by atoms with Gasteiger partial charge in [-0.2, -0.15) is 0 Å². The van der Waals surface area contributed by atoms with Gasteiger partial charge < -0.3 is 4.74 Å². The minimum atomic E-state index is -0.675. The fourth-order valence-corrected chi connectivity index (χ4v) is 1.28. The van der Waals surface area contributed by atoms with Gasteiger partial charge in [-0.25, -0.2) is 9.78 Å². The molecule has 0 fully saturated rings. The zero-order valence-corrected chi connectivity index (χ0v) is 8.01. The van der Waals surface area contributed by atoms with Gasteiger partial charge in [0.2, 0.25) is 0 Å². The minimum Gasteiger partial charge on any atom is -0.465 e. The fourth-order valence-electron chi connectivity index (χ4n) is 1.28. The van der Waals surface area contributed by atoms with Crippen molar-refractivity contribution < 1.29 is 9.53 Å². The van der Waals surface area contributed by atoms with Crippen molar-refractivity contribution in [1.29, 1.82) is 0 Å². The van der Waals surface area contributed by atoms with Crippen molar-refractivity contribution in [2.24, 2.45) is 0 Å². The molecule has 5 heteroatoms. The average molecular weight is 204 g/mol. The second-order valence-corrected chi connectivity index (χ2v) is 2.90. The summed E-state index contributed by atoms with van der Waals surface area (Å²) in [6.07, 6.45) is 2.78. The van der Waals surface area contributed by atoms with Crippen LogP contribution < -0.4 is 5.56 Å². The summed E-state index contributed by atoms with van der Waals surface area (Å²) < 4.78 is 5.77. The van der Waals surface area contributed by atoms with Crippen LogP contribution in [0.15, 0.2) is 35.4 Å². The number of esters is 1. The van der Waals surface area contributed by atoms with Gasteiger partial charge in [0.1, 0.15) is 11.2 Å². The van der Waals surface area contributed by atoms with E-state index in [-0.39, 0.29) is 5.56 Å². The van der Waals surface area contributed by atoms with Gasteiger partial charge >= 0.3 is 5.97 Å². The Kier molecular flexibility index (Phi) is 2.21. The van der Waals surface area contributed by atoms with E-state index in [4.69, 9.17) is 0 Å². The van der Waals surface area contributed by atoms with Crippen LogP contribution in [0.4, 0.5) is 0 Å². The first-order chi connectivity index (χ1) is 7.24. The maximum Gasteiger partial charge on any atom is 0.345 e. The average Bonchev–Trinajstić information content (AvgIpc) is 2.29. The lowest BCUT2D eigenvalue weighted by Crippen LogP contribution is -2.23. The van der Waals surface area contributed by atoms with Gasteiger partial charge in [0.15, 0.2) is 0 Å². The number of pyridine rings is 1. The fraction of sp³-hybridized carbons (Fsp3) is 0.100. The van der Waals surface area contributed by atoms with E-state index in [1.807, 2.05) is 0 Å². The molecule has 0 bridgehead atoms. The highest BCUT2D eigenvalue weighted by molar-refractivity contribution is 5.88. The predicted molar refractivity (Wildman–Crippen MR) is 52.8 cm³/mol. The molecule has 2 heterocycles. The van der Waals surface area contributed by atoms with E-state index in [1.54, 1.807) is 24.4 Å². The smallest absolute Gasteiger partial charge is 0.345 e. The molecule has 0 aliphatic carbocycles. The molecule has 15 heavy (non-hydrogen) atoms. The van der Waals surface area contributed by atoms with Gasteiger partial charge in [0.25, 0.3) is 5.56 Å². The Morgan fingerprint density at radius 2 is 2.27 bits per heavy atom. The van der Waals surface area contributed by atoms with Crippen LogP contribution in [0.25, 0.3) is 5.65 Å². The summed E-state index contributed by atoms with van der Waals surface area (Å²) in [4.78, 5) is 26.9. The molecule has 0 atom stereocenters. The van der Waals surface area contributed by atoms with Gasteiger partial charge in [0.05, 0.1) is 7.11 Å². The second kappa shape index (κ2) is 3.53. The summed E-state index contributed by atoms with van der Waals surface area (Å²) in [7, 11) is 1.22. The minimum absolute atomic E-state index is 0.0683. The number of fused-ring (bicyclic) bond motifs is 1. The summed E-state index contributed by atoms with van der Waals surface area (Å²) in [5.74, 6) is -0.675. The number of hydrogen-bond donors (Lipinski definition) is 0. The number of ether oxygens (including phenoxy) is 1. The van der Waals surface area contributed by atoms with Crippen molar-refractivity contribution in [3.63, 3.8) is 0 Å². The van der Waals surface area contributed by atoms with E-state index in [2.05, 4.69) is 9.72 Å². The van der Waals surface area contributed by atoms with Crippen LogP contribution in [0.3, 0.4) is 0 Å². The van der Waals surface area contributed by atoms with Crippen molar-refractivity contribution in [2.75, 3.05) is 7.11 Å². The molecule has 2 rings (SSSR count). The number of methoxy groups -OCH3 is 1. The molecule has 0 aromatic carbocycles.